The lowest BCUT2D eigenvalue weighted by Crippen LogP contribution is -2.18. The highest BCUT2D eigenvalue weighted by Crippen LogP contribution is 1.91. The van der Waals surface area contributed by atoms with Crippen molar-refractivity contribution < 1.29 is 0 Å². The first kappa shape index (κ1) is 6.29. The quantitative estimate of drug-likeness (QED) is 0.597. The summed E-state index contributed by atoms with van der Waals surface area (Å²) in [6.45, 7) is 1.96. The molecule has 0 amide bonds. The largest absolute Gasteiger partial charge is 0.349 e. The van der Waals surface area contributed by atoms with E-state index in [0.717, 1.165) is 12.2 Å². The molecule has 0 bridgehead atoms. The minimum absolute atomic E-state index is 0.191. The molecule has 0 aromatic carbocycles. The molecule has 0 fully saturated rings. The minimum Gasteiger partial charge on any atom is -0.349 e. The Morgan fingerprint density at radius 1 is 1.89 bits per heavy atom. The van der Waals surface area contributed by atoms with E-state index in [2.05, 4.69) is 9.97 Å². The lowest BCUT2D eigenvalue weighted by atomic mass is 10.2. The summed E-state index contributed by atoms with van der Waals surface area (Å²) < 4.78 is 0. The highest BCUT2D eigenvalue weighted by Gasteiger charge is 1.96. The van der Waals surface area contributed by atoms with Crippen molar-refractivity contribution in [3.63, 3.8) is 0 Å². The first-order valence-corrected chi connectivity index (χ1v) is 3.03. The molecule has 3 heteroatoms. The third kappa shape index (κ3) is 1.85. The number of H-pyrrole nitrogens is 1. The number of nitrogens with two attached hydrogens (primary N) is 1. The van der Waals surface area contributed by atoms with Crippen LogP contribution in [0.4, 0.5) is 0 Å². The molecule has 1 rings (SSSR count). The number of nitrogens with zero attached hydrogens (tertiary/aromatic N) is 1. The van der Waals surface area contributed by atoms with Gasteiger partial charge in [-0.15, -0.1) is 0 Å². The van der Waals surface area contributed by atoms with Gasteiger partial charge in [0.25, 0.3) is 0 Å². The maximum Gasteiger partial charge on any atom is 0.107 e. The first-order chi connectivity index (χ1) is 4.29. The molecular weight excluding hydrogens is 114 g/mol. The monoisotopic (exact) mass is 125 g/mol. The van der Waals surface area contributed by atoms with Gasteiger partial charge in [0.2, 0.25) is 0 Å². The molecule has 0 aliphatic heterocycles. The van der Waals surface area contributed by atoms with Crippen LogP contribution in [0.2, 0.25) is 0 Å². The van der Waals surface area contributed by atoms with E-state index < -0.39 is 0 Å². The first-order valence-electron chi connectivity index (χ1n) is 3.03. The van der Waals surface area contributed by atoms with Crippen molar-refractivity contribution in [1.29, 1.82) is 0 Å². The van der Waals surface area contributed by atoms with Crippen LogP contribution in [0.5, 0.6) is 0 Å². The van der Waals surface area contributed by atoms with E-state index in [-0.39, 0.29) is 6.04 Å². The number of aromatic amines is 1. The summed E-state index contributed by atoms with van der Waals surface area (Å²) in [6, 6.07) is 0.191. The van der Waals surface area contributed by atoms with Gasteiger partial charge in [-0.25, -0.2) is 4.98 Å². The molecule has 1 aromatic rings. The molecule has 0 spiro atoms. The summed E-state index contributed by atoms with van der Waals surface area (Å²) in [6.07, 6.45) is 4.36. The highest BCUT2D eigenvalue weighted by atomic mass is 14.9. The Labute approximate surface area is 54.3 Å². The zero-order valence-corrected chi connectivity index (χ0v) is 5.46. The molecule has 3 nitrogen and oxygen atoms in total. The maximum atomic E-state index is 5.52. The summed E-state index contributed by atoms with van der Waals surface area (Å²) in [5.41, 5.74) is 5.52. The van der Waals surface area contributed by atoms with Gasteiger partial charge in [0.1, 0.15) is 5.82 Å². The van der Waals surface area contributed by atoms with Crippen molar-refractivity contribution >= 4 is 0 Å². The molecule has 0 aliphatic rings. The molecule has 0 saturated heterocycles. The molecule has 0 aliphatic carbocycles. The van der Waals surface area contributed by atoms with E-state index in [0.29, 0.717) is 0 Å². The Balaban J connectivity index is 2.48. The van der Waals surface area contributed by atoms with Gasteiger partial charge < -0.3 is 10.7 Å². The zero-order valence-electron chi connectivity index (χ0n) is 5.46. The van der Waals surface area contributed by atoms with Crippen LogP contribution in [0.3, 0.4) is 0 Å². The minimum atomic E-state index is 0.191. The second-order valence-electron chi connectivity index (χ2n) is 2.22. The van der Waals surface area contributed by atoms with Gasteiger partial charge in [-0.3, -0.25) is 0 Å². The molecule has 0 radical (unpaired) electrons. The Morgan fingerprint density at radius 3 is 3.11 bits per heavy atom. The van der Waals surface area contributed by atoms with Crippen LogP contribution in [0.25, 0.3) is 0 Å². The summed E-state index contributed by atoms with van der Waals surface area (Å²) in [5, 5.41) is 0. The van der Waals surface area contributed by atoms with E-state index >= 15 is 0 Å². The molecule has 9 heavy (non-hydrogen) atoms. The lowest BCUT2D eigenvalue weighted by Gasteiger charge is -1.98. The highest BCUT2D eigenvalue weighted by molar-refractivity contribution is 4.88. The van der Waals surface area contributed by atoms with Crippen LogP contribution in [0, 0.1) is 0 Å². The van der Waals surface area contributed by atoms with Crippen molar-refractivity contribution in [3.8, 4) is 0 Å². The number of nitrogens with one attached hydrogen (secondary N) is 1. The van der Waals surface area contributed by atoms with Gasteiger partial charge in [-0.1, -0.05) is 0 Å². The zero-order chi connectivity index (χ0) is 6.69. The Bertz CT molecular complexity index is 155. The Kier molecular flexibility index (Phi) is 1.85. The molecule has 1 heterocycles. The van der Waals surface area contributed by atoms with Gasteiger partial charge in [-0.05, 0) is 6.92 Å². The van der Waals surface area contributed by atoms with E-state index in [1.807, 2.05) is 6.92 Å². The smallest absolute Gasteiger partial charge is 0.107 e. The topological polar surface area (TPSA) is 54.7 Å². The Morgan fingerprint density at radius 2 is 2.67 bits per heavy atom. The summed E-state index contributed by atoms with van der Waals surface area (Å²) in [5.74, 6) is 0.963. The van der Waals surface area contributed by atoms with Crippen molar-refractivity contribution in [1.82, 2.24) is 9.97 Å². The van der Waals surface area contributed by atoms with Crippen molar-refractivity contribution in [2.24, 2.45) is 5.73 Å². The fourth-order valence-corrected chi connectivity index (χ4v) is 0.715. The maximum absolute atomic E-state index is 5.52. The standard InChI is InChI=1S/C6H11N3/c1-5(7)4-6-8-2-3-9-6/h2-3,5H,4,7H2,1H3,(H,8,9)/t5-/m1/s1. The van der Waals surface area contributed by atoms with Gasteiger partial charge in [0.15, 0.2) is 0 Å². The van der Waals surface area contributed by atoms with Crippen molar-refractivity contribution in [3.05, 3.63) is 18.2 Å². The number of imidazole rings is 1. The van der Waals surface area contributed by atoms with Crippen LogP contribution in [-0.4, -0.2) is 16.0 Å². The molecule has 0 saturated carbocycles. The van der Waals surface area contributed by atoms with Gasteiger partial charge in [-0.2, -0.15) is 0 Å². The summed E-state index contributed by atoms with van der Waals surface area (Å²) in [4.78, 5) is 7.00. The summed E-state index contributed by atoms with van der Waals surface area (Å²) >= 11 is 0. The molecule has 0 unspecified atom stereocenters. The van der Waals surface area contributed by atoms with E-state index in [1.165, 1.54) is 0 Å². The van der Waals surface area contributed by atoms with Crippen LogP contribution >= 0.6 is 0 Å². The molecule has 1 atom stereocenters. The normalized spacial score (nSPS) is 13.6. The van der Waals surface area contributed by atoms with E-state index in [4.69, 9.17) is 5.73 Å². The fraction of sp³-hybridized carbons (Fsp3) is 0.500. The third-order valence-corrected chi connectivity index (χ3v) is 1.07. The molecular formula is C6H11N3. The summed E-state index contributed by atoms with van der Waals surface area (Å²) in [7, 11) is 0. The molecule has 3 N–H and O–H groups in total. The Hall–Kier alpha value is -0.830. The van der Waals surface area contributed by atoms with Crippen LogP contribution in [-0.2, 0) is 6.42 Å². The molecule has 1 aromatic heterocycles. The van der Waals surface area contributed by atoms with Gasteiger partial charge >= 0.3 is 0 Å². The average molecular weight is 125 g/mol. The van der Waals surface area contributed by atoms with Gasteiger partial charge in [0, 0.05) is 24.9 Å². The lowest BCUT2D eigenvalue weighted by molar-refractivity contribution is 0.710. The third-order valence-electron chi connectivity index (χ3n) is 1.07. The number of rotatable bonds is 2. The van der Waals surface area contributed by atoms with E-state index in [9.17, 15) is 0 Å². The fourth-order valence-electron chi connectivity index (χ4n) is 0.715. The SMILES string of the molecule is C[C@@H](N)Cc1ncc[nH]1. The van der Waals surface area contributed by atoms with Gasteiger partial charge in [0.05, 0.1) is 0 Å². The number of hydrogen-bond donors (Lipinski definition) is 2. The van der Waals surface area contributed by atoms with Crippen LogP contribution in [0.15, 0.2) is 12.4 Å². The average Bonchev–Trinajstić information content (AvgIpc) is 2.15. The van der Waals surface area contributed by atoms with E-state index in [1.54, 1.807) is 12.4 Å². The van der Waals surface area contributed by atoms with Crippen LogP contribution < -0.4 is 5.73 Å². The predicted molar refractivity (Wildman–Crippen MR) is 35.9 cm³/mol. The van der Waals surface area contributed by atoms with Crippen molar-refractivity contribution in [2.45, 2.75) is 19.4 Å². The number of hydrogen-bond acceptors (Lipinski definition) is 2. The predicted octanol–water partition coefficient (Wildman–Crippen LogP) is 0.299. The van der Waals surface area contributed by atoms with Crippen molar-refractivity contribution in [2.75, 3.05) is 0 Å². The van der Waals surface area contributed by atoms with Crippen LogP contribution in [0.1, 0.15) is 12.7 Å². The second kappa shape index (κ2) is 2.64. The molecule has 50 valence electrons. The number of aromatic nitrogens is 2. The second-order valence-corrected chi connectivity index (χ2v) is 2.22.